The highest BCUT2D eigenvalue weighted by atomic mass is 79.9. The Balaban J connectivity index is 2.13. The van der Waals surface area contributed by atoms with Gasteiger partial charge in [0.05, 0.1) is 3.79 Å². The quantitative estimate of drug-likeness (QED) is 0.872. The van der Waals surface area contributed by atoms with Crippen molar-refractivity contribution in [1.82, 2.24) is 9.97 Å². The Labute approximate surface area is 93.3 Å². The largest absolute Gasteiger partial charge is 0.342 e. The van der Waals surface area contributed by atoms with Crippen LogP contribution in [-0.4, -0.2) is 15.8 Å². The minimum atomic E-state index is 0.00843. The van der Waals surface area contributed by atoms with E-state index in [-0.39, 0.29) is 5.78 Å². The van der Waals surface area contributed by atoms with Crippen molar-refractivity contribution < 1.29 is 4.79 Å². The molecule has 5 heteroatoms. The lowest BCUT2D eigenvalue weighted by Crippen LogP contribution is -2.05. The molecule has 3 nitrogen and oxygen atoms in total. The van der Waals surface area contributed by atoms with Gasteiger partial charge in [0.25, 0.3) is 0 Å². The second-order valence-electron chi connectivity index (χ2n) is 2.76. The number of aromatic amines is 1. The third kappa shape index (κ3) is 1.93. The molecule has 0 radical (unpaired) electrons. The number of hydrogen-bond donors (Lipinski definition) is 1. The first kappa shape index (κ1) is 9.61. The number of ketones is 1. The van der Waals surface area contributed by atoms with Gasteiger partial charge in [0.1, 0.15) is 0 Å². The van der Waals surface area contributed by atoms with Crippen LogP contribution in [0.3, 0.4) is 0 Å². The summed E-state index contributed by atoms with van der Waals surface area (Å²) in [5.41, 5.74) is 1.01. The van der Waals surface area contributed by atoms with Gasteiger partial charge in [0.2, 0.25) is 5.78 Å². The van der Waals surface area contributed by atoms with Crippen LogP contribution in [0.2, 0.25) is 0 Å². The summed E-state index contributed by atoms with van der Waals surface area (Å²) >= 11 is 4.97. The van der Waals surface area contributed by atoms with Gasteiger partial charge in [-0.1, -0.05) is 0 Å². The summed E-state index contributed by atoms with van der Waals surface area (Å²) in [4.78, 5) is 18.3. The topological polar surface area (TPSA) is 45.8 Å². The number of nitrogens with zero attached hydrogens (tertiary/aromatic N) is 1. The minimum absolute atomic E-state index is 0.00843. The van der Waals surface area contributed by atoms with Crippen LogP contribution in [0.25, 0.3) is 0 Å². The molecule has 0 fully saturated rings. The van der Waals surface area contributed by atoms with Gasteiger partial charge in [0.15, 0.2) is 5.82 Å². The van der Waals surface area contributed by atoms with Crippen LogP contribution in [0.4, 0.5) is 0 Å². The van der Waals surface area contributed by atoms with Gasteiger partial charge in [-0.2, -0.15) is 0 Å². The summed E-state index contributed by atoms with van der Waals surface area (Å²) in [5.74, 6) is 0.428. The van der Waals surface area contributed by atoms with Crippen molar-refractivity contribution in [3.05, 3.63) is 39.0 Å². The molecule has 0 saturated carbocycles. The number of aromatic nitrogens is 2. The first-order chi connectivity index (χ1) is 6.77. The number of thiophene rings is 1. The molecule has 0 aliphatic carbocycles. The van der Waals surface area contributed by atoms with Gasteiger partial charge in [0, 0.05) is 18.8 Å². The molecule has 14 heavy (non-hydrogen) atoms. The van der Waals surface area contributed by atoms with E-state index in [1.807, 2.05) is 11.4 Å². The highest BCUT2D eigenvalue weighted by Crippen LogP contribution is 2.24. The molecule has 72 valence electrons. The minimum Gasteiger partial charge on any atom is -0.342 e. The van der Waals surface area contributed by atoms with Gasteiger partial charge in [-0.25, -0.2) is 4.98 Å². The highest BCUT2D eigenvalue weighted by molar-refractivity contribution is 9.11. The fourth-order valence-corrected chi connectivity index (χ4v) is 2.36. The molecule has 0 unspecified atom stereocenters. The predicted octanol–water partition coefficient (Wildman–Crippen LogP) is 2.66. The zero-order valence-corrected chi connectivity index (χ0v) is 9.56. The number of H-pyrrole nitrogens is 1. The molecule has 0 aliphatic rings. The lowest BCUT2D eigenvalue weighted by atomic mass is 10.2. The van der Waals surface area contributed by atoms with Gasteiger partial charge in [-0.05, 0) is 32.9 Å². The Kier molecular flexibility index (Phi) is 2.79. The van der Waals surface area contributed by atoms with Gasteiger partial charge >= 0.3 is 0 Å². The number of carbonyl (C=O) groups is 1. The number of nitrogens with one attached hydrogen (secondary N) is 1. The van der Waals surface area contributed by atoms with E-state index in [1.54, 1.807) is 23.7 Å². The van der Waals surface area contributed by atoms with E-state index in [0.29, 0.717) is 12.2 Å². The lowest BCUT2D eigenvalue weighted by molar-refractivity contribution is 0.0984. The van der Waals surface area contributed by atoms with E-state index in [1.165, 1.54) is 0 Å². The first-order valence-electron chi connectivity index (χ1n) is 4.02. The van der Waals surface area contributed by atoms with Gasteiger partial charge < -0.3 is 4.98 Å². The fraction of sp³-hybridized carbons (Fsp3) is 0.111. The van der Waals surface area contributed by atoms with E-state index in [4.69, 9.17) is 0 Å². The average Bonchev–Trinajstić information content (AvgIpc) is 2.77. The maximum Gasteiger partial charge on any atom is 0.202 e. The van der Waals surface area contributed by atoms with Crippen molar-refractivity contribution in [2.45, 2.75) is 6.42 Å². The van der Waals surface area contributed by atoms with Crippen LogP contribution in [0, 0.1) is 0 Å². The molecule has 0 atom stereocenters. The van der Waals surface area contributed by atoms with Crippen molar-refractivity contribution >= 4 is 33.0 Å². The summed E-state index contributed by atoms with van der Waals surface area (Å²) in [6, 6.07) is 1.94. The Bertz CT molecular complexity index is 435. The first-order valence-corrected chi connectivity index (χ1v) is 5.69. The summed E-state index contributed by atoms with van der Waals surface area (Å²) in [5, 5.41) is 1.95. The summed E-state index contributed by atoms with van der Waals surface area (Å²) < 4.78 is 1.01. The monoisotopic (exact) mass is 270 g/mol. The molecule has 0 aliphatic heterocycles. The van der Waals surface area contributed by atoms with Crippen molar-refractivity contribution in [1.29, 1.82) is 0 Å². The SMILES string of the molecule is O=C(Cc1ccsc1Br)c1ncc[nH]1. The van der Waals surface area contributed by atoms with Crippen molar-refractivity contribution in [2.75, 3.05) is 0 Å². The fourth-order valence-electron chi connectivity index (χ4n) is 1.12. The van der Waals surface area contributed by atoms with E-state index in [2.05, 4.69) is 25.9 Å². The molecular weight excluding hydrogens is 264 g/mol. The van der Waals surface area contributed by atoms with Crippen molar-refractivity contribution in [2.24, 2.45) is 0 Å². The van der Waals surface area contributed by atoms with Crippen LogP contribution >= 0.6 is 27.3 Å². The number of hydrogen-bond acceptors (Lipinski definition) is 3. The molecule has 0 bridgehead atoms. The Morgan fingerprint density at radius 2 is 2.50 bits per heavy atom. The number of imidazole rings is 1. The number of carbonyl (C=O) groups excluding carboxylic acids is 1. The van der Waals surface area contributed by atoms with Crippen molar-refractivity contribution in [3.63, 3.8) is 0 Å². The third-order valence-electron chi connectivity index (χ3n) is 1.81. The standard InChI is InChI=1S/C9H7BrN2OS/c10-8-6(1-4-14-8)5-7(13)9-11-2-3-12-9/h1-4H,5H2,(H,11,12). The molecular formula is C9H7BrN2OS. The van der Waals surface area contributed by atoms with Crippen LogP contribution in [0.5, 0.6) is 0 Å². The maximum absolute atomic E-state index is 11.6. The zero-order valence-electron chi connectivity index (χ0n) is 7.16. The predicted molar refractivity (Wildman–Crippen MR) is 58.6 cm³/mol. The number of rotatable bonds is 3. The van der Waals surface area contributed by atoms with E-state index >= 15 is 0 Å². The van der Waals surface area contributed by atoms with Crippen LogP contribution in [0.15, 0.2) is 27.6 Å². The Hall–Kier alpha value is -0.940. The molecule has 2 aromatic heterocycles. The Morgan fingerprint density at radius 1 is 1.64 bits per heavy atom. The highest BCUT2D eigenvalue weighted by Gasteiger charge is 2.11. The summed E-state index contributed by atoms with van der Waals surface area (Å²) in [7, 11) is 0. The molecule has 0 spiro atoms. The molecule has 2 aromatic rings. The molecule has 0 aromatic carbocycles. The third-order valence-corrected chi connectivity index (χ3v) is 3.62. The van der Waals surface area contributed by atoms with E-state index in [9.17, 15) is 4.79 Å². The van der Waals surface area contributed by atoms with E-state index < -0.39 is 0 Å². The molecule has 0 amide bonds. The second kappa shape index (κ2) is 4.06. The summed E-state index contributed by atoms with van der Waals surface area (Å²) in [6.07, 6.45) is 3.61. The molecule has 0 saturated heterocycles. The van der Waals surface area contributed by atoms with Crippen LogP contribution in [-0.2, 0) is 6.42 Å². The maximum atomic E-state index is 11.6. The number of halogens is 1. The van der Waals surface area contributed by atoms with Crippen molar-refractivity contribution in [3.8, 4) is 0 Å². The normalized spacial score (nSPS) is 10.4. The average molecular weight is 271 g/mol. The molecule has 1 N–H and O–H groups in total. The van der Waals surface area contributed by atoms with Crippen LogP contribution in [0.1, 0.15) is 16.2 Å². The molecule has 2 heterocycles. The smallest absolute Gasteiger partial charge is 0.202 e. The summed E-state index contributed by atoms with van der Waals surface area (Å²) in [6.45, 7) is 0. The van der Waals surface area contributed by atoms with Gasteiger partial charge in [-0.3, -0.25) is 4.79 Å². The van der Waals surface area contributed by atoms with Gasteiger partial charge in [-0.15, -0.1) is 11.3 Å². The lowest BCUT2D eigenvalue weighted by Gasteiger charge is -1.95. The van der Waals surface area contributed by atoms with Crippen LogP contribution < -0.4 is 0 Å². The Morgan fingerprint density at radius 3 is 3.07 bits per heavy atom. The molecule has 2 rings (SSSR count). The second-order valence-corrected chi connectivity index (χ2v) is 4.99. The number of Topliss-reactive ketones (excluding diaryl/α,β-unsaturated/α-hetero) is 1. The van der Waals surface area contributed by atoms with E-state index in [0.717, 1.165) is 9.35 Å². The zero-order chi connectivity index (χ0) is 9.97.